The van der Waals surface area contributed by atoms with Crippen molar-refractivity contribution in [3.63, 3.8) is 0 Å². The van der Waals surface area contributed by atoms with E-state index < -0.39 is 8.40 Å². The van der Waals surface area contributed by atoms with E-state index in [9.17, 15) is 0 Å². The molecule has 120 valence electrons. The summed E-state index contributed by atoms with van der Waals surface area (Å²) in [6, 6.07) is 20.4. The van der Waals surface area contributed by atoms with Crippen molar-refractivity contribution in [1.82, 2.24) is 0 Å². The quantitative estimate of drug-likeness (QED) is 0.830. The van der Waals surface area contributed by atoms with Crippen molar-refractivity contribution in [3.05, 3.63) is 65.6 Å². The van der Waals surface area contributed by atoms with E-state index in [1.165, 1.54) is 0 Å². The molecule has 0 heterocycles. The Morgan fingerprint density at radius 1 is 0.870 bits per heavy atom. The second kappa shape index (κ2) is 12.3. The average molecular weight is 322 g/mol. The fourth-order valence-corrected chi connectivity index (χ4v) is 3.66. The van der Waals surface area contributed by atoms with Crippen LogP contribution in [0.3, 0.4) is 0 Å². The van der Waals surface area contributed by atoms with Gasteiger partial charge in [-0.3, -0.25) is 0 Å². The van der Waals surface area contributed by atoms with Crippen LogP contribution in [0.25, 0.3) is 4.98 Å². The fourth-order valence-electron chi connectivity index (χ4n) is 1.93. The van der Waals surface area contributed by atoms with Crippen LogP contribution in [0.2, 0.25) is 13.1 Å². The summed E-state index contributed by atoms with van der Waals surface area (Å²) in [4.78, 5) is 8.35. The van der Waals surface area contributed by atoms with Crippen LogP contribution in [0.15, 0.2) is 60.7 Å². The van der Waals surface area contributed by atoms with E-state index in [0.29, 0.717) is 0 Å². The maximum Gasteiger partial charge on any atom is 1.00 e. The first-order valence-corrected chi connectivity index (χ1v) is 10.7. The van der Waals surface area contributed by atoms with Gasteiger partial charge in [-0.25, -0.2) is 0 Å². The molecule has 3 nitrogen and oxygen atoms in total. The minimum absolute atomic E-state index is 0. The topological polar surface area (TPSA) is 35.4 Å². The van der Waals surface area contributed by atoms with Crippen LogP contribution >= 0.6 is 0 Å². The molecular weight excluding hydrogens is 295 g/mol. The molecule has 0 saturated carbocycles. The summed E-state index contributed by atoms with van der Waals surface area (Å²) in [7, 11) is -1.81. The number of ether oxygens (including phenoxy) is 1. The SMILES string of the molecule is CCOCC.C[Si](C)([N-]c1ccccc1)Nc1ccccc1.[Li+]. The molecule has 2 aromatic rings. The molecule has 0 aliphatic heterocycles. The van der Waals surface area contributed by atoms with Crippen LogP contribution in [0, 0.1) is 0 Å². The van der Waals surface area contributed by atoms with E-state index in [1.54, 1.807) is 0 Å². The monoisotopic (exact) mass is 322 g/mol. The zero-order valence-corrected chi connectivity index (χ0v) is 16.0. The summed E-state index contributed by atoms with van der Waals surface area (Å²) in [6.45, 7) is 10.1. The van der Waals surface area contributed by atoms with E-state index in [0.717, 1.165) is 24.6 Å². The Bertz CT molecular complexity index is 463. The van der Waals surface area contributed by atoms with Gasteiger partial charge in [-0.15, -0.1) is 5.69 Å². The maximum absolute atomic E-state index is 4.83. The number of hydrogen-bond donors (Lipinski definition) is 1. The summed E-state index contributed by atoms with van der Waals surface area (Å²) < 4.78 is 4.83. The van der Waals surface area contributed by atoms with E-state index in [4.69, 9.17) is 9.72 Å². The normalized spacial score (nSPS) is 9.91. The predicted octanol–water partition coefficient (Wildman–Crippen LogP) is 2.55. The fraction of sp³-hybridized carbons (Fsp3) is 0.333. The van der Waals surface area contributed by atoms with Crippen LogP contribution < -0.4 is 23.8 Å². The number of anilines is 1. The summed E-state index contributed by atoms with van der Waals surface area (Å²) in [5, 5.41) is 0. The molecule has 0 radical (unpaired) electrons. The van der Waals surface area contributed by atoms with Gasteiger partial charge in [0.25, 0.3) is 0 Å². The van der Waals surface area contributed by atoms with E-state index in [-0.39, 0.29) is 18.9 Å². The third-order valence-corrected chi connectivity index (χ3v) is 4.51. The molecule has 1 N–H and O–H groups in total. The number of para-hydroxylation sites is 1. The van der Waals surface area contributed by atoms with Gasteiger partial charge >= 0.3 is 18.9 Å². The van der Waals surface area contributed by atoms with Gasteiger partial charge in [-0.2, -0.15) is 0 Å². The molecule has 0 bridgehead atoms. The first-order chi connectivity index (χ1) is 10.6. The Kier molecular flexibility index (Phi) is 11.6. The van der Waals surface area contributed by atoms with Crippen LogP contribution in [-0.4, -0.2) is 21.6 Å². The number of benzene rings is 2. The van der Waals surface area contributed by atoms with Gasteiger partial charge in [-0.1, -0.05) is 61.6 Å². The third-order valence-electron chi connectivity index (χ3n) is 2.80. The summed E-state index contributed by atoms with van der Waals surface area (Å²) in [5.41, 5.74) is 2.19. The Morgan fingerprint density at radius 3 is 1.78 bits per heavy atom. The maximum atomic E-state index is 4.83. The van der Waals surface area contributed by atoms with Gasteiger partial charge in [0, 0.05) is 18.9 Å². The summed E-state index contributed by atoms with van der Waals surface area (Å²) in [6.07, 6.45) is 0. The zero-order valence-electron chi connectivity index (χ0n) is 15.0. The molecule has 0 aliphatic carbocycles. The molecule has 0 spiro atoms. The Morgan fingerprint density at radius 2 is 1.35 bits per heavy atom. The second-order valence-corrected chi connectivity index (χ2v) is 8.87. The van der Waals surface area contributed by atoms with Gasteiger partial charge < -0.3 is 14.7 Å². The van der Waals surface area contributed by atoms with Crippen molar-refractivity contribution in [2.45, 2.75) is 26.9 Å². The number of rotatable bonds is 6. The number of nitrogens with zero attached hydrogens (tertiary/aromatic N) is 1. The largest absolute Gasteiger partial charge is 1.00 e. The van der Waals surface area contributed by atoms with E-state index >= 15 is 0 Å². The Hall–Kier alpha value is -1.19. The molecule has 0 fully saturated rings. The molecule has 5 heteroatoms. The summed E-state index contributed by atoms with van der Waals surface area (Å²) >= 11 is 0. The average Bonchev–Trinajstić information content (AvgIpc) is 2.50. The molecule has 0 saturated heterocycles. The zero-order chi connectivity index (χ0) is 16.3. The first-order valence-electron chi connectivity index (χ1n) is 7.76. The minimum atomic E-state index is -1.81. The molecule has 0 aromatic heterocycles. The van der Waals surface area contributed by atoms with Crippen molar-refractivity contribution in [2.24, 2.45) is 0 Å². The van der Waals surface area contributed by atoms with E-state index in [2.05, 4.69) is 30.2 Å². The van der Waals surface area contributed by atoms with Crippen LogP contribution in [0.5, 0.6) is 0 Å². The van der Waals surface area contributed by atoms with Crippen molar-refractivity contribution in [1.29, 1.82) is 0 Å². The van der Waals surface area contributed by atoms with Crippen LogP contribution in [-0.2, 0) is 4.74 Å². The van der Waals surface area contributed by atoms with Crippen molar-refractivity contribution >= 4 is 19.8 Å². The van der Waals surface area contributed by atoms with Gasteiger partial charge in [0.1, 0.15) is 0 Å². The minimum Gasteiger partial charge on any atom is -0.671 e. The predicted molar refractivity (Wildman–Crippen MR) is 99.2 cm³/mol. The molecule has 0 atom stereocenters. The first kappa shape index (κ1) is 21.8. The van der Waals surface area contributed by atoms with Gasteiger partial charge in [-0.05, 0) is 26.0 Å². The molecule has 0 amide bonds. The van der Waals surface area contributed by atoms with Gasteiger partial charge in [0.15, 0.2) is 0 Å². The second-order valence-electron chi connectivity index (χ2n) is 5.28. The molecular formula is C18H27LiN2OSi. The third kappa shape index (κ3) is 10.2. The van der Waals surface area contributed by atoms with Crippen molar-refractivity contribution < 1.29 is 23.6 Å². The van der Waals surface area contributed by atoms with Crippen LogP contribution in [0.1, 0.15) is 13.8 Å². The van der Waals surface area contributed by atoms with Gasteiger partial charge in [0.2, 0.25) is 0 Å². The molecule has 2 rings (SSSR count). The standard InChI is InChI=1S/C14H17N2Si.C4H10O.Li/c1-17(2,15-13-9-5-3-6-10-13)16-14-11-7-4-8-12-14;1-3-5-4-2;/h3-12,15H,1-2H3;3-4H2,1-2H3;/q-1;;+1. The molecule has 23 heavy (non-hydrogen) atoms. The van der Waals surface area contributed by atoms with Gasteiger partial charge in [0.05, 0.1) is 8.40 Å². The Balaban J connectivity index is 0.000000709. The van der Waals surface area contributed by atoms with Crippen LogP contribution in [0.4, 0.5) is 11.4 Å². The summed E-state index contributed by atoms with van der Waals surface area (Å²) in [5.74, 6) is 0. The molecule has 0 unspecified atom stereocenters. The van der Waals surface area contributed by atoms with E-state index in [1.807, 2.05) is 62.4 Å². The van der Waals surface area contributed by atoms with Crippen molar-refractivity contribution in [3.8, 4) is 0 Å². The molecule has 0 aliphatic rings. The number of nitrogens with one attached hydrogen (secondary N) is 1. The van der Waals surface area contributed by atoms with Crippen molar-refractivity contribution in [2.75, 3.05) is 18.2 Å². The Labute approximate surface area is 154 Å². The number of hydrogen-bond acceptors (Lipinski definition) is 2. The molecule has 2 aromatic carbocycles. The smallest absolute Gasteiger partial charge is 0.671 e.